The molecule has 0 atom stereocenters. The van der Waals surface area contributed by atoms with Gasteiger partial charge in [0.1, 0.15) is 0 Å². The molecule has 0 fully saturated rings. The zero-order valence-corrected chi connectivity index (χ0v) is 8.66. The summed E-state index contributed by atoms with van der Waals surface area (Å²) >= 11 is 0. The molecule has 2 nitrogen and oxygen atoms in total. The molecule has 0 amide bonds. The van der Waals surface area contributed by atoms with Crippen LogP contribution >= 0.6 is 0 Å². The highest BCUT2D eigenvalue weighted by Crippen LogP contribution is 2.28. The molecule has 0 saturated carbocycles. The van der Waals surface area contributed by atoms with Gasteiger partial charge in [0.15, 0.2) is 0 Å². The van der Waals surface area contributed by atoms with Crippen LogP contribution in [0.3, 0.4) is 0 Å². The number of nitrogens with one attached hydrogen (secondary N) is 1. The Bertz CT molecular complexity index is 508. The molecule has 0 unspecified atom stereocenters. The van der Waals surface area contributed by atoms with Gasteiger partial charge in [-0.2, -0.15) is 5.10 Å². The van der Waals surface area contributed by atoms with E-state index in [-0.39, 0.29) is 0 Å². The van der Waals surface area contributed by atoms with Crippen molar-refractivity contribution >= 4 is 16.5 Å². The molecule has 0 bridgehead atoms. The molecule has 15 heavy (non-hydrogen) atoms. The van der Waals surface area contributed by atoms with Crippen LogP contribution in [0.25, 0.3) is 16.5 Å². The minimum Gasteiger partial charge on any atom is -0.278 e. The lowest BCUT2D eigenvalue weighted by Gasteiger charge is -2.12. The van der Waals surface area contributed by atoms with Gasteiger partial charge in [0.25, 0.3) is 0 Å². The first-order chi connectivity index (χ1) is 7.43. The lowest BCUT2D eigenvalue weighted by molar-refractivity contribution is 0.742. The second kappa shape index (κ2) is 3.54. The highest BCUT2D eigenvalue weighted by atomic mass is 15.1. The number of allylic oxidation sites excluding steroid dienone is 2. The Morgan fingerprint density at radius 2 is 2.20 bits per heavy atom. The largest absolute Gasteiger partial charge is 0.278 e. The molecule has 2 aromatic rings. The first-order valence-electron chi connectivity index (χ1n) is 5.56. The first kappa shape index (κ1) is 8.72. The summed E-state index contributed by atoms with van der Waals surface area (Å²) in [6.45, 7) is 0. The number of aromatic nitrogens is 2. The van der Waals surface area contributed by atoms with E-state index in [1.54, 1.807) is 0 Å². The van der Waals surface area contributed by atoms with Crippen molar-refractivity contribution in [2.24, 2.45) is 0 Å². The van der Waals surface area contributed by atoms with Gasteiger partial charge in [-0.3, -0.25) is 5.10 Å². The van der Waals surface area contributed by atoms with Crippen molar-refractivity contribution in [3.05, 3.63) is 36.0 Å². The van der Waals surface area contributed by atoms with E-state index in [4.69, 9.17) is 0 Å². The number of aromatic amines is 1. The van der Waals surface area contributed by atoms with Gasteiger partial charge in [-0.25, -0.2) is 0 Å². The number of fused-ring (bicyclic) bond motifs is 1. The number of H-pyrrole nitrogens is 1. The van der Waals surface area contributed by atoms with Crippen LogP contribution in [0.4, 0.5) is 0 Å². The molecule has 1 aromatic heterocycles. The lowest BCUT2D eigenvalue weighted by atomic mass is 9.93. The van der Waals surface area contributed by atoms with E-state index >= 15 is 0 Å². The fourth-order valence-electron chi connectivity index (χ4n) is 2.24. The van der Waals surface area contributed by atoms with Crippen molar-refractivity contribution in [3.8, 4) is 0 Å². The van der Waals surface area contributed by atoms with Crippen molar-refractivity contribution in [1.29, 1.82) is 0 Å². The predicted octanol–water partition coefficient (Wildman–Crippen LogP) is 3.52. The SMILES string of the molecule is C1=C(c2ccc3[nH]ncc3c2)CCCC1. The van der Waals surface area contributed by atoms with Gasteiger partial charge in [0.05, 0.1) is 11.7 Å². The Morgan fingerprint density at radius 3 is 3.07 bits per heavy atom. The molecular formula is C13H14N2. The molecule has 0 saturated heterocycles. The quantitative estimate of drug-likeness (QED) is 0.746. The fourth-order valence-corrected chi connectivity index (χ4v) is 2.24. The summed E-state index contributed by atoms with van der Waals surface area (Å²) in [5.74, 6) is 0. The number of nitrogens with zero attached hydrogens (tertiary/aromatic N) is 1. The summed E-state index contributed by atoms with van der Waals surface area (Å²) in [5.41, 5.74) is 3.99. The molecular weight excluding hydrogens is 184 g/mol. The average Bonchev–Trinajstić information content (AvgIpc) is 2.77. The van der Waals surface area contributed by atoms with Gasteiger partial charge < -0.3 is 0 Å². The summed E-state index contributed by atoms with van der Waals surface area (Å²) in [6.07, 6.45) is 9.40. The van der Waals surface area contributed by atoms with Crippen LogP contribution in [0.2, 0.25) is 0 Å². The third kappa shape index (κ3) is 1.56. The Labute approximate surface area is 89.0 Å². The van der Waals surface area contributed by atoms with Crippen molar-refractivity contribution in [3.63, 3.8) is 0 Å². The smallest absolute Gasteiger partial charge is 0.0650 e. The summed E-state index contributed by atoms with van der Waals surface area (Å²) < 4.78 is 0. The molecule has 1 aliphatic rings. The van der Waals surface area contributed by atoms with Gasteiger partial charge in [-0.05, 0) is 49.0 Å². The second-order valence-corrected chi connectivity index (χ2v) is 4.15. The van der Waals surface area contributed by atoms with Crippen LogP contribution < -0.4 is 0 Å². The summed E-state index contributed by atoms with van der Waals surface area (Å²) in [5, 5.41) is 8.23. The van der Waals surface area contributed by atoms with E-state index in [0.29, 0.717) is 0 Å². The number of hydrogen-bond acceptors (Lipinski definition) is 1. The highest BCUT2D eigenvalue weighted by molar-refractivity contribution is 5.83. The first-order valence-corrected chi connectivity index (χ1v) is 5.56. The minimum atomic E-state index is 1.12. The number of hydrogen-bond donors (Lipinski definition) is 1. The van der Waals surface area contributed by atoms with E-state index in [0.717, 1.165) is 5.52 Å². The summed E-state index contributed by atoms with van der Waals surface area (Å²) in [4.78, 5) is 0. The highest BCUT2D eigenvalue weighted by Gasteiger charge is 2.06. The van der Waals surface area contributed by atoms with E-state index in [1.165, 1.54) is 42.2 Å². The predicted molar refractivity (Wildman–Crippen MR) is 62.5 cm³/mol. The van der Waals surface area contributed by atoms with E-state index < -0.39 is 0 Å². The Balaban J connectivity index is 2.06. The van der Waals surface area contributed by atoms with Crippen LogP contribution in [0.1, 0.15) is 31.2 Å². The molecule has 2 heteroatoms. The van der Waals surface area contributed by atoms with Crippen LogP contribution in [0, 0.1) is 0 Å². The summed E-state index contributed by atoms with van der Waals surface area (Å²) in [6, 6.07) is 6.54. The number of benzene rings is 1. The molecule has 0 spiro atoms. The topological polar surface area (TPSA) is 28.7 Å². The maximum Gasteiger partial charge on any atom is 0.0650 e. The van der Waals surface area contributed by atoms with Crippen molar-refractivity contribution in [2.75, 3.05) is 0 Å². The molecule has 0 radical (unpaired) electrons. The van der Waals surface area contributed by atoms with Crippen molar-refractivity contribution < 1.29 is 0 Å². The third-order valence-electron chi connectivity index (χ3n) is 3.10. The zero-order chi connectivity index (χ0) is 10.1. The molecule has 1 N–H and O–H groups in total. The Kier molecular flexibility index (Phi) is 2.05. The monoisotopic (exact) mass is 198 g/mol. The van der Waals surface area contributed by atoms with Crippen LogP contribution in [-0.4, -0.2) is 10.2 Å². The Morgan fingerprint density at radius 1 is 1.20 bits per heavy atom. The molecule has 1 aromatic carbocycles. The Hall–Kier alpha value is -1.57. The van der Waals surface area contributed by atoms with Gasteiger partial charge >= 0.3 is 0 Å². The molecule has 3 rings (SSSR count). The van der Waals surface area contributed by atoms with Crippen LogP contribution in [-0.2, 0) is 0 Å². The third-order valence-corrected chi connectivity index (χ3v) is 3.10. The zero-order valence-electron chi connectivity index (χ0n) is 8.66. The number of rotatable bonds is 1. The van der Waals surface area contributed by atoms with Gasteiger partial charge in [0.2, 0.25) is 0 Å². The van der Waals surface area contributed by atoms with E-state index in [2.05, 4.69) is 34.5 Å². The molecule has 1 heterocycles. The summed E-state index contributed by atoms with van der Waals surface area (Å²) in [7, 11) is 0. The van der Waals surface area contributed by atoms with Gasteiger partial charge in [0, 0.05) is 5.39 Å². The fraction of sp³-hybridized carbons (Fsp3) is 0.308. The van der Waals surface area contributed by atoms with Crippen molar-refractivity contribution in [1.82, 2.24) is 10.2 Å². The molecule has 0 aliphatic heterocycles. The van der Waals surface area contributed by atoms with Gasteiger partial charge in [-0.1, -0.05) is 12.1 Å². The second-order valence-electron chi connectivity index (χ2n) is 4.15. The van der Waals surface area contributed by atoms with Crippen molar-refractivity contribution in [2.45, 2.75) is 25.7 Å². The van der Waals surface area contributed by atoms with Gasteiger partial charge in [-0.15, -0.1) is 0 Å². The normalized spacial score (nSPS) is 16.7. The van der Waals surface area contributed by atoms with Crippen LogP contribution in [0.15, 0.2) is 30.5 Å². The maximum atomic E-state index is 4.04. The van der Waals surface area contributed by atoms with Crippen LogP contribution in [0.5, 0.6) is 0 Å². The lowest BCUT2D eigenvalue weighted by Crippen LogP contribution is -1.91. The molecule has 1 aliphatic carbocycles. The standard InChI is InChI=1S/C13H14N2/c1-2-4-10(5-3-1)11-6-7-13-12(8-11)9-14-15-13/h4,6-9H,1-3,5H2,(H,14,15). The maximum absolute atomic E-state index is 4.04. The van der Waals surface area contributed by atoms with E-state index in [9.17, 15) is 0 Å². The average molecular weight is 198 g/mol. The van der Waals surface area contributed by atoms with E-state index in [1.807, 2.05) is 6.20 Å². The molecule has 76 valence electrons. The minimum absolute atomic E-state index is 1.12.